The Morgan fingerprint density at radius 3 is 2.59 bits per heavy atom. The summed E-state index contributed by atoms with van der Waals surface area (Å²) in [5.41, 5.74) is 1.37. The third-order valence-electron chi connectivity index (χ3n) is 5.72. The normalized spacial score (nSPS) is 15.1. The predicted molar refractivity (Wildman–Crippen MR) is 116 cm³/mol. The van der Waals surface area contributed by atoms with Crippen LogP contribution in [0.25, 0.3) is 11.0 Å². The molecule has 1 aliphatic rings. The molecular weight excluding hydrogens is 413 g/mol. The van der Waals surface area contributed by atoms with E-state index in [1.807, 2.05) is 13.8 Å². The van der Waals surface area contributed by atoms with Crippen molar-refractivity contribution < 1.29 is 13.5 Å². The van der Waals surface area contributed by atoms with Crippen molar-refractivity contribution >= 4 is 11.0 Å². The van der Waals surface area contributed by atoms with Crippen LogP contribution in [0.5, 0.6) is 0 Å². The van der Waals surface area contributed by atoms with Crippen LogP contribution in [0.4, 0.5) is 4.39 Å². The predicted octanol–water partition coefficient (Wildman–Crippen LogP) is 3.24. The minimum Gasteiger partial charge on any atom is -0.467 e. The summed E-state index contributed by atoms with van der Waals surface area (Å²) in [6.45, 7) is 4.47. The van der Waals surface area contributed by atoms with Crippen molar-refractivity contribution in [3.63, 3.8) is 0 Å². The highest BCUT2D eigenvalue weighted by Gasteiger charge is 2.28. The van der Waals surface area contributed by atoms with Gasteiger partial charge in [-0.2, -0.15) is 0 Å². The minimum absolute atomic E-state index is 0.00460. The van der Waals surface area contributed by atoms with Gasteiger partial charge in [-0.15, -0.1) is 0 Å². The zero-order chi connectivity index (χ0) is 22.5. The van der Waals surface area contributed by atoms with Gasteiger partial charge >= 0.3 is 5.69 Å². The molecule has 7 nitrogen and oxygen atoms in total. The van der Waals surface area contributed by atoms with Gasteiger partial charge in [0, 0.05) is 12.0 Å². The van der Waals surface area contributed by atoms with Gasteiger partial charge in [0.15, 0.2) is 0 Å². The Morgan fingerprint density at radius 2 is 1.88 bits per heavy atom. The van der Waals surface area contributed by atoms with E-state index in [2.05, 4.69) is 0 Å². The molecule has 1 aliphatic heterocycles. The molecule has 0 atom stereocenters. The van der Waals surface area contributed by atoms with Crippen molar-refractivity contribution in [2.24, 2.45) is 0 Å². The van der Waals surface area contributed by atoms with Crippen LogP contribution in [-0.4, -0.2) is 19.7 Å². The quantitative estimate of drug-likeness (QED) is 0.492. The van der Waals surface area contributed by atoms with Crippen molar-refractivity contribution in [2.75, 3.05) is 0 Å². The zero-order valence-corrected chi connectivity index (χ0v) is 17.8. The van der Waals surface area contributed by atoms with Gasteiger partial charge < -0.3 is 9.15 Å². The first-order chi connectivity index (χ1) is 15.3. The van der Waals surface area contributed by atoms with E-state index in [0.717, 1.165) is 21.4 Å². The van der Waals surface area contributed by atoms with Gasteiger partial charge in [-0.05, 0) is 49.7 Å². The van der Waals surface area contributed by atoms with E-state index in [9.17, 15) is 14.0 Å². The minimum atomic E-state index is -0.498. The SMILES string of the molecule is CC1(C)Cc2nc3c(cc2CO1)c(=O)n(Cc1ccco1)c(=O)n3Cc1ccc(F)cc1. The second-order valence-electron chi connectivity index (χ2n) is 8.66. The summed E-state index contributed by atoms with van der Waals surface area (Å²) < 4.78 is 27.3. The number of hydrogen-bond acceptors (Lipinski definition) is 5. The maximum Gasteiger partial charge on any atom is 0.333 e. The van der Waals surface area contributed by atoms with Crippen LogP contribution < -0.4 is 11.2 Å². The van der Waals surface area contributed by atoms with Crippen molar-refractivity contribution in [1.82, 2.24) is 14.1 Å². The molecule has 8 heteroatoms. The molecule has 0 spiro atoms. The number of fused-ring (bicyclic) bond motifs is 2. The summed E-state index contributed by atoms with van der Waals surface area (Å²) in [7, 11) is 0. The number of ether oxygens (including phenoxy) is 1. The second kappa shape index (κ2) is 7.56. The number of rotatable bonds is 4. The van der Waals surface area contributed by atoms with Gasteiger partial charge in [0.05, 0.1) is 42.6 Å². The Labute approximate surface area is 182 Å². The Hall–Kier alpha value is -3.52. The fraction of sp³-hybridized carbons (Fsp3) is 0.292. The topological polar surface area (TPSA) is 79.3 Å². The van der Waals surface area contributed by atoms with Gasteiger partial charge in [0.25, 0.3) is 5.56 Å². The van der Waals surface area contributed by atoms with E-state index < -0.39 is 11.2 Å². The van der Waals surface area contributed by atoms with Crippen LogP contribution in [-0.2, 0) is 30.9 Å². The molecule has 0 amide bonds. The Bertz CT molecular complexity index is 1420. The summed E-state index contributed by atoms with van der Waals surface area (Å²) in [4.78, 5) is 31.5. The molecule has 0 aliphatic carbocycles. The lowest BCUT2D eigenvalue weighted by atomic mass is 9.95. The number of hydrogen-bond donors (Lipinski definition) is 0. The first-order valence-electron chi connectivity index (χ1n) is 10.4. The van der Waals surface area contributed by atoms with Crippen molar-refractivity contribution in [1.29, 1.82) is 0 Å². The van der Waals surface area contributed by atoms with E-state index in [-0.39, 0.29) is 24.5 Å². The van der Waals surface area contributed by atoms with Gasteiger partial charge in [0.1, 0.15) is 17.2 Å². The Kier molecular flexibility index (Phi) is 4.82. The van der Waals surface area contributed by atoms with Gasteiger partial charge in [-0.1, -0.05) is 12.1 Å². The number of halogens is 1. The average molecular weight is 435 g/mol. The van der Waals surface area contributed by atoms with Crippen molar-refractivity contribution in [3.05, 3.63) is 98.0 Å². The van der Waals surface area contributed by atoms with Gasteiger partial charge in [-0.3, -0.25) is 13.9 Å². The molecule has 5 rings (SSSR count). The van der Waals surface area contributed by atoms with Crippen LogP contribution in [0, 0.1) is 5.82 Å². The molecule has 164 valence electrons. The van der Waals surface area contributed by atoms with Crippen LogP contribution in [0.15, 0.2) is 62.7 Å². The highest BCUT2D eigenvalue weighted by atomic mass is 19.1. The van der Waals surface area contributed by atoms with Crippen molar-refractivity contribution in [2.45, 2.75) is 45.6 Å². The first-order valence-corrected chi connectivity index (χ1v) is 10.4. The summed E-state index contributed by atoms with van der Waals surface area (Å²) in [5, 5.41) is 0.334. The lowest BCUT2D eigenvalue weighted by Gasteiger charge is -2.31. The lowest BCUT2D eigenvalue weighted by molar-refractivity contribution is -0.0411. The molecule has 0 fully saturated rings. The molecule has 4 heterocycles. The molecule has 0 unspecified atom stereocenters. The van der Waals surface area contributed by atoms with Crippen LogP contribution in [0.2, 0.25) is 0 Å². The maximum absolute atomic E-state index is 13.4. The average Bonchev–Trinajstić information content (AvgIpc) is 3.27. The van der Waals surface area contributed by atoms with E-state index in [4.69, 9.17) is 14.1 Å². The molecule has 0 bridgehead atoms. The maximum atomic E-state index is 13.4. The number of furan rings is 1. The molecule has 0 saturated heterocycles. The molecule has 1 aromatic carbocycles. The van der Waals surface area contributed by atoms with Crippen molar-refractivity contribution in [3.8, 4) is 0 Å². The summed E-state index contributed by atoms with van der Waals surface area (Å²) in [5.74, 6) is 0.135. The number of nitrogens with zero attached hydrogens (tertiary/aromatic N) is 3. The monoisotopic (exact) mass is 435 g/mol. The number of benzene rings is 1. The highest BCUT2D eigenvalue weighted by molar-refractivity contribution is 5.75. The molecule has 0 saturated carbocycles. The van der Waals surface area contributed by atoms with Gasteiger partial charge in [0.2, 0.25) is 0 Å². The Morgan fingerprint density at radius 1 is 1.09 bits per heavy atom. The second-order valence-corrected chi connectivity index (χ2v) is 8.66. The van der Waals surface area contributed by atoms with Crippen LogP contribution >= 0.6 is 0 Å². The zero-order valence-electron chi connectivity index (χ0n) is 17.8. The molecular formula is C24H22FN3O4. The standard InChI is InChI=1S/C24H22FN3O4/c1-24(2)11-20-16(14-32-24)10-19-21(26-20)27(12-15-5-7-17(25)8-6-15)23(30)28(22(19)29)13-18-4-3-9-31-18/h3-10H,11-14H2,1-2H3. The third-order valence-corrected chi connectivity index (χ3v) is 5.72. The molecule has 4 aromatic rings. The molecule has 3 aromatic heterocycles. The highest BCUT2D eigenvalue weighted by Crippen LogP contribution is 2.28. The first kappa shape index (κ1) is 20.4. The molecule has 0 radical (unpaired) electrons. The Balaban J connectivity index is 1.74. The molecule has 0 N–H and O–H groups in total. The lowest BCUT2D eigenvalue weighted by Crippen LogP contribution is -2.41. The van der Waals surface area contributed by atoms with E-state index >= 15 is 0 Å². The van der Waals surface area contributed by atoms with Crippen LogP contribution in [0.3, 0.4) is 0 Å². The summed E-state index contributed by atoms with van der Waals surface area (Å²) in [6, 6.07) is 11.1. The smallest absolute Gasteiger partial charge is 0.333 e. The van der Waals surface area contributed by atoms with Gasteiger partial charge in [-0.25, -0.2) is 14.2 Å². The van der Waals surface area contributed by atoms with Crippen LogP contribution in [0.1, 0.15) is 36.4 Å². The van der Waals surface area contributed by atoms with E-state index in [1.54, 1.807) is 30.3 Å². The summed E-state index contributed by atoms with van der Waals surface area (Å²) in [6.07, 6.45) is 2.06. The molecule has 32 heavy (non-hydrogen) atoms. The third kappa shape index (κ3) is 3.67. The fourth-order valence-corrected chi connectivity index (χ4v) is 4.03. The fourth-order valence-electron chi connectivity index (χ4n) is 4.03. The largest absolute Gasteiger partial charge is 0.467 e. The van der Waals surface area contributed by atoms with E-state index in [0.29, 0.717) is 29.8 Å². The summed E-state index contributed by atoms with van der Waals surface area (Å²) >= 11 is 0. The number of pyridine rings is 1. The van der Waals surface area contributed by atoms with E-state index in [1.165, 1.54) is 23.0 Å². The number of aromatic nitrogens is 3.